The molecule has 0 aliphatic rings. The molecule has 0 radical (unpaired) electrons. The van der Waals surface area contributed by atoms with Gasteiger partial charge in [0.2, 0.25) is 0 Å². The molecule has 0 rings (SSSR count). The highest BCUT2D eigenvalue weighted by Crippen LogP contribution is 2.14. The van der Waals surface area contributed by atoms with Crippen LogP contribution in [-0.4, -0.2) is 16.3 Å². The zero-order valence-corrected chi connectivity index (χ0v) is 16.1. The fourth-order valence-corrected chi connectivity index (χ4v) is 3.12. The molecule has 0 unspecified atom stereocenters. The molecule has 0 aliphatic heterocycles. The van der Waals surface area contributed by atoms with E-state index in [2.05, 4.69) is 6.92 Å². The van der Waals surface area contributed by atoms with Crippen molar-refractivity contribution in [1.82, 2.24) is 5.17 Å². The average Bonchev–Trinajstić information content (AvgIpc) is 2.57. The summed E-state index contributed by atoms with van der Waals surface area (Å²) in [6.45, 7) is 2.27. The van der Waals surface area contributed by atoms with Gasteiger partial charge < -0.3 is 0 Å². The number of carbonyl (C=O) groups is 1. The van der Waals surface area contributed by atoms with Gasteiger partial charge in [-0.25, -0.2) is 5.84 Å². The van der Waals surface area contributed by atoms with Gasteiger partial charge in [-0.2, -0.15) is 5.17 Å². The van der Waals surface area contributed by atoms with Crippen LogP contribution in [0.2, 0.25) is 0 Å². The molecule has 0 aliphatic carbocycles. The van der Waals surface area contributed by atoms with Crippen LogP contribution >= 0.6 is 0 Å². The van der Waals surface area contributed by atoms with Gasteiger partial charge in [-0.1, -0.05) is 110 Å². The van der Waals surface area contributed by atoms with Crippen LogP contribution in [0.1, 0.15) is 122 Å². The average molecular weight is 343 g/mol. The first-order valence-electron chi connectivity index (χ1n) is 10.4. The predicted molar refractivity (Wildman–Crippen MR) is 102 cm³/mol. The van der Waals surface area contributed by atoms with Crippen molar-refractivity contribution in [2.45, 2.75) is 122 Å². The topological polar surface area (TPSA) is 66.6 Å². The van der Waals surface area contributed by atoms with E-state index in [0.717, 1.165) is 12.8 Å². The Labute approximate surface area is 150 Å². The summed E-state index contributed by atoms with van der Waals surface area (Å²) in [6, 6.07) is 0. The first-order chi connectivity index (χ1) is 11.7. The second-order valence-electron chi connectivity index (χ2n) is 7.15. The second-order valence-corrected chi connectivity index (χ2v) is 7.15. The smallest absolute Gasteiger partial charge is 0.260 e. The van der Waals surface area contributed by atoms with Crippen molar-refractivity contribution in [3.63, 3.8) is 0 Å². The molecule has 0 atom stereocenters. The quantitative estimate of drug-likeness (QED) is 0.104. The van der Waals surface area contributed by atoms with Crippen LogP contribution in [-0.2, 0) is 4.79 Å². The molecule has 144 valence electrons. The summed E-state index contributed by atoms with van der Waals surface area (Å²) < 4.78 is 0. The first kappa shape index (κ1) is 23.4. The number of hydrazine groups is 1. The minimum absolute atomic E-state index is 0.201. The van der Waals surface area contributed by atoms with Gasteiger partial charge >= 0.3 is 0 Å². The zero-order valence-electron chi connectivity index (χ0n) is 16.1. The molecule has 0 aromatic carbocycles. The molecular formula is C20H42N2O2. The number of hydrogen-bond donors (Lipinski definition) is 2. The maximum absolute atomic E-state index is 11.1. The molecule has 4 nitrogen and oxygen atoms in total. The number of hydrogen-bond acceptors (Lipinski definition) is 3. The SMILES string of the molecule is CCCCCCCCCCCCCCCCCCCC(=O)N(N)O. The fraction of sp³-hybridized carbons (Fsp3) is 0.950. The number of amides is 1. The summed E-state index contributed by atoms with van der Waals surface area (Å²) in [5.41, 5.74) is 0. The molecule has 1 amide bonds. The van der Waals surface area contributed by atoms with Crippen LogP contribution in [0, 0.1) is 0 Å². The van der Waals surface area contributed by atoms with E-state index in [-0.39, 0.29) is 5.17 Å². The van der Waals surface area contributed by atoms with Crippen LogP contribution in [0.5, 0.6) is 0 Å². The standard InChI is InChI=1S/C20H42N2O2/c1-2-3-4-5-6-7-8-9-10-11-12-13-14-15-16-17-18-19-20(23)22(21)24/h24H,2-19,21H2,1H3. The number of hydroxylamine groups is 1. The third-order valence-corrected chi connectivity index (χ3v) is 4.75. The summed E-state index contributed by atoms with van der Waals surface area (Å²) in [7, 11) is 0. The predicted octanol–water partition coefficient (Wildman–Crippen LogP) is 6.12. The van der Waals surface area contributed by atoms with Crippen molar-refractivity contribution >= 4 is 5.91 Å². The van der Waals surface area contributed by atoms with E-state index in [1.54, 1.807) is 0 Å². The Morgan fingerprint density at radius 2 is 0.958 bits per heavy atom. The van der Waals surface area contributed by atoms with Gasteiger partial charge in [-0.05, 0) is 6.42 Å². The maximum atomic E-state index is 11.1. The van der Waals surface area contributed by atoms with E-state index in [0.29, 0.717) is 6.42 Å². The molecule has 0 aromatic rings. The Hall–Kier alpha value is -0.610. The third-order valence-electron chi connectivity index (χ3n) is 4.75. The maximum Gasteiger partial charge on any atom is 0.260 e. The lowest BCUT2D eigenvalue weighted by Crippen LogP contribution is -2.33. The largest absolute Gasteiger partial charge is 0.271 e. The van der Waals surface area contributed by atoms with Crippen molar-refractivity contribution < 1.29 is 10.0 Å². The van der Waals surface area contributed by atoms with E-state index >= 15 is 0 Å². The molecule has 0 saturated carbocycles. The number of carbonyl (C=O) groups excluding carboxylic acids is 1. The molecule has 0 bridgehead atoms. The Bertz CT molecular complexity index is 270. The minimum Gasteiger partial charge on any atom is -0.271 e. The van der Waals surface area contributed by atoms with E-state index in [4.69, 9.17) is 11.0 Å². The van der Waals surface area contributed by atoms with Crippen LogP contribution in [0.4, 0.5) is 0 Å². The van der Waals surface area contributed by atoms with E-state index in [1.165, 1.54) is 96.3 Å². The minimum atomic E-state index is -0.393. The monoisotopic (exact) mass is 342 g/mol. The summed E-state index contributed by atoms with van der Waals surface area (Å²) in [5, 5.41) is 8.92. The molecule has 4 heteroatoms. The van der Waals surface area contributed by atoms with Gasteiger partial charge in [0, 0.05) is 6.42 Å². The Balaban J connectivity index is 3.04. The number of unbranched alkanes of at least 4 members (excludes halogenated alkanes) is 16. The molecule has 0 fully saturated rings. The molecule has 0 spiro atoms. The van der Waals surface area contributed by atoms with E-state index in [9.17, 15) is 4.79 Å². The Morgan fingerprint density at radius 1 is 0.667 bits per heavy atom. The van der Waals surface area contributed by atoms with Gasteiger partial charge in [0.05, 0.1) is 0 Å². The van der Waals surface area contributed by atoms with Crippen molar-refractivity contribution in [2.24, 2.45) is 5.84 Å². The normalized spacial score (nSPS) is 11.0. The Kier molecular flexibility index (Phi) is 18.2. The van der Waals surface area contributed by atoms with Gasteiger partial charge in [0.25, 0.3) is 5.91 Å². The van der Waals surface area contributed by atoms with Crippen molar-refractivity contribution in [3.05, 3.63) is 0 Å². The lowest BCUT2D eigenvalue weighted by molar-refractivity contribution is -0.166. The highest BCUT2D eigenvalue weighted by molar-refractivity contribution is 5.74. The van der Waals surface area contributed by atoms with Gasteiger partial charge in [-0.3, -0.25) is 10.0 Å². The number of rotatable bonds is 18. The summed E-state index contributed by atoms with van der Waals surface area (Å²) in [5.74, 6) is 4.55. The van der Waals surface area contributed by atoms with E-state index < -0.39 is 5.91 Å². The van der Waals surface area contributed by atoms with Gasteiger partial charge in [0.1, 0.15) is 0 Å². The molecule has 0 aromatic heterocycles. The third kappa shape index (κ3) is 17.7. The number of nitrogens with zero attached hydrogens (tertiary/aromatic N) is 1. The lowest BCUT2D eigenvalue weighted by Gasteiger charge is -2.07. The second kappa shape index (κ2) is 18.7. The Morgan fingerprint density at radius 3 is 1.25 bits per heavy atom. The molecule has 24 heavy (non-hydrogen) atoms. The van der Waals surface area contributed by atoms with Crippen LogP contribution in [0.3, 0.4) is 0 Å². The lowest BCUT2D eigenvalue weighted by atomic mass is 10.0. The highest BCUT2D eigenvalue weighted by Gasteiger charge is 2.04. The number of nitrogens with two attached hydrogens (primary N) is 1. The first-order valence-corrected chi connectivity index (χ1v) is 10.4. The van der Waals surface area contributed by atoms with Crippen LogP contribution in [0.25, 0.3) is 0 Å². The summed E-state index contributed by atoms with van der Waals surface area (Å²) in [4.78, 5) is 11.1. The summed E-state index contributed by atoms with van der Waals surface area (Å²) >= 11 is 0. The fourth-order valence-electron chi connectivity index (χ4n) is 3.12. The molecule has 3 N–H and O–H groups in total. The van der Waals surface area contributed by atoms with Crippen LogP contribution < -0.4 is 5.84 Å². The zero-order chi connectivity index (χ0) is 17.9. The highest BCUT2D eigenvalue weighted by atomic mass is 16.5. The molecule has 0 saturated heterocycles. The van der Waals surface area contributed by atoms with Crippen molar-refractivity contribution in [3.8, 4) is 0 Å². The van der Waals surface area contributed by atoms with Crippen molar-refractivity contribution in [1.29, 1.82) is 0 Å². The van der Waals surface area contributed by atoms with Gasteiger partial charge in [0.15, 0.2) is 0 Å². The van der Waals surface area contributed by atoms with E-state index in [1.807, 2.05) is 0 Å². The summed E-state index contributed by atoms with van der Waals surface area (Å²) in [6.07, 6.45) is 22.9. The van der Waals surface area contributed by atoms with Crippen LogP contribution in [0.15, 0.2) is 0 Å². The van der Waals surface area contributed by atoms with Crippen molar-refractivity contribution in [2.75, 3.05) is 0 Å². The molecule has 0 heterocycles. The molecular weight excluding hydrogens is 300 g/mol. The van der Waals surface area contributed by atoms with Gasteiger partial charge in [-0.15, -0.1) is 0 Å².